The molecule has 1 aliphatic rings. The molecule has 164 valence electrons. The summed E-state index contributed by atoms with van der Waals surface area (Å²) in [4.78, 5) is 26.8. The fraction of sp³-hybridized carbons (Fsp3) is 0.409. The van der Waals surface area contributed by atoms with E-state index in [2.05, 4.69) is 30.5 Å². The third-order valence-corrected chi connectivity index (χ3v) is 6.33. The van der Waals surface area contributed by atoms with E-state index in [4.69, 9.17) is 17.3 Å². The number of amides is 1. The fourth-order valence-corrected chi connectivity index (χ4v) is 4.26. The lowest BCUT2D eigenvalue weighted by Crippen LogP contribution is -2.59. The molecule has 8 nitrogen and oxygen atoms in total. The van der Waals surface area contributed by atoms with Gasteiger partial charge < -0.3 is 26.3 Å². The highest BCUT2D eigenvalue weighted by molar-refractivity contribution is 6.30. The number of nitrogens with one attached hydrogen (secondary N) is 3. The van der Waals surface area contributed by atoms with E-state index >= 15 is 0 Å². The van der Waals surface area contributed by atoms with Crippen LogP contribution in [0.25, 0.3) is 11.0 Å². The Morgan fingerprint density at radius 1 is 1.26 bits per heavy atom. The summed E-state index contributed by atoms with van der Waals surface area (Å²) in [5, 5.41) is 8.02. The number of carbonyl (C=O) groups is 1. The molecule has 1 aliphatic heterocycles. The van der Waals surface area contributed by atoms with Gasteiger partial charge in [0, 0.05) is 36.9 Å². The van der Waals surface area contributed by atoms with Crippen molar-refractivity contribution < 1.29 is 4.79 Å². The number of hydrogen-bond acceptors (Lipinski definition) is 6. The molecular weight excluding hydrogens is 414 g/mol. The molecule has 4 rings (SSSR count). The Morgan fingerprint density at radius 3 is 2.71 bits per heavy atom. The molecule has 0 aliphatic carbocycles. The van der Waals surface area contributed by atoms with Gasteiger partial charge in [0.15, 0.2) is 0 Å². The van der Waals surface area contributed by atoms with Crippen molar-refractivity contribution in [3.63, 3.8) is 0 Å². The maximum absolute atomic E-state index is 12.9. The van der Waals surface area contributed by atoms with Gasteiger partial charge in [0.05, 0.1) is 10.9 Å². The number of carbonyl (C=O) groups excluding carboxylic acids is 1. The summed E-state index contributed by atoms with van der Waals surface area (Å²) in [7, 11) is 1.91. The minimum atomic E-state index is -0.865. The number of aromatic nitrogens is 3. The molecule has 31 heavy (non-hydrogen) atoms. The Labute approximate surface area is 186 Å². The summed E-state index contributed by atoms with van der Waals surface area (Å²) < 4.78 is 0. The highest BCUT2D eigenvalue weighted by atomic mass is 35.5. The van der Waals surface area contributed by atoms with Gasteiger partial charge in [-0.25, -0.2) is 9.97 Å². The van der Waals surface area contributed by atoms with Crippen LogP contribution in [0.15, 0.2) is 42.9 Å². The van der Waals surface area contributed by atoms with Crippen LogP contribution in [-0.2, 0) is 4.79 Å². The van der Waals surface area contributed by atoms with Crippen LogP contribution >= 0.6 is 11.6 Å². The van der Waals surface area contributed by atoms with E-state index in [1.165, 1.54) is 0 Å². The van der Waals surface area contributed by atoms with Gasteiger partial charge in [-0.2, -0.15) is 0 Å². The third-order valence-electron chi connectivity index (χ3n) is 6.08. The monoisotopic (exact) mass is 441 g/mol. The average Bonchev–Trinajstić information content (AvgIpc) is 3.27. The maximum atomic E-state index is 12.9. The lowest BCUT2D eigenvalue weighted by Gasteiger charge is -2.38. The van der Waals surface area contributed by atoms with Crippen LogP contribution in [0.2, 0.25) is 5.02 Å². The van der Waals surface area contributed by atoms with Crippen LogP contribution in [0.5, 0.6) is 0 Å². The molecule has 0 bridgehead atoms. The fourth-order valence-electron chi connectivity index (χ4n) is 4.13. The van der Waals surface area contributed by atoms with E-state index in [-0.39, 0.29) is 11.9 Å². The van der Waals surface area contributed by atoms with E-state index in [1.54, 1.807) is 6.33 Å². The van der Waals surface area contributed by atoms with E-state index in [9.17, 15) is 4.79 Å². The third kappa shape index (κ3) is 4.66. The number of piperidine rings is 1. The topological polar surface area (TPSA) is 112 Å². The largest absolute Gasteiger partial charge is 0.356 e. The number of H-pyrrole nitrogens is 1. The highest BCUT2D eigenvalue weighted by Crippen LogP contribution is 2.28. The second-order valence-electron chi connectivity index (χ2n) is 8.02. The lowest BCUT2D eigenvalue weighted by atomic mass is 9.87. The molecule has 1 atom stereocenters. The van der Waals surface area contributed by atoms with Crippen LogP contribution in [0, 0.1) is 0 Å². The first-order chi connectivity index (χ1) is 15.0. The van der Waals surface area contributed by atoms with Crippen LogP contribution in [0.3, 0.4) is 0 Å². The van der Waals surface area contributed by atoms with Crippen LogP contribution in [-0.4, -0.2) is 53.1 Å². The summed E-state index contributed by atoms with van der Waals surface area (Å²) in [6, 6.07) is 9.86. The zero-order valence-corrected chi connectivity index (χ0v) is 18.3. The number of hydrogen-bond donors (Lipinski definition) is 4. The number of nitrogens with zero attached hydrogens (tertiary/aromatic N) is 3. The van der Waals surface area contributed by atoms with Crippen LogP contribution in [0.4, 0.5) is 5.82 Å². The van der Waals surface area contributed by atoms with Crippen molar-refractivity contribution >= 4 is 34.4 Å². The van der Waals surface area contributed by atoms with E-state index in [0.717, 1.165) is 28.8 Å². The molecule has 1 saturated heterocycles. The van der Waals surface area contributed by atoms with Crippen molar-refractivity contribution in [3.8, 4) is 0 Å². The zero-order chi connectivity index (χ0) is 21.8. The molecule has 5 N–H and O–H groups in total. The predicted octanol–water partition coefficient (Wildman–Crippen LogP) is 2.38. The number of aromatic amines is 1. The number of fused-ring (bicyclic) bond motifs is 1. The first kappa shape index (κ1) is 21.5. The molecule has 1 aromatic carbocycles. The standard InChI is InChI=1S/C22H28ClN7O/c1-25-18(15-2-4-16(23)5-3-15)7-11-27-21(31)22(24)8-12-30(13-9-22)20-17-6-10-26-19(17)28-14-29-20/h2-6,10,14,18,25H,7-9,11-13,24H2,1H3,(H,27,31)(H,26,28,29). The second-order valence-corrected chi connectivity index (χ2v) is 8.45. The van der Waals surface area contributed by atoms with E-state index in [0.29, 0.717) is 37.5 Å². The summed E-state index contributed by atoms with van der Waals surface area (Å²) in [6.07, 6.45) is 5.32. The summed E-state index contributed by atoms with van der Waals surface area (Å²) in [5.41, 5.74) is 7.59. The smallest absolute Gasteiger partial charge is 0.240 e. The maximum Gasteiger partial charge on any atom is 0.240 e. The molecule has 0 spiro atoms. The molecule has 1 unspecified atom stereocenters. The molecule has 1 amide bonds. The minimum absolute atomic E-state index is 0.0902. The van der Waals surface area contributed by atoms with Crippen molar-refractivity contribution in [2.75, 3.05) is 31.6 Å². The second kappa shape index (κ2) is 9.21. The first-order valence-electron chi connectivity index (χ1n) is 10.5. The van der Waals surface area contributed by atoms with Crippen LogP contribution in [0.1, 0.15) is 30.9 Å². The summed E-state index contributed by atoms with van der Waals surface area (Å²) >= 11 is 5.98. The number of rotatable bonds is 7. The molecular formula is C22H28ClN7O. The van der Waals surface area contributed by atoms with E-state index in [1.807, 2.05) is 43.6 Å². The Kier molecular flexibility index (Phi) is 6.41. The van der Waals surface area contributed by atoms with Gasteiger partial charge in [0.2, 0.25) is 5.91 Å². The van der Waals surface area contributed by atoms with Gasteiger partial charge in [0.1, 0.15) is 17.8 Å². The molecule has 3 aromatic rings. The Balaban J connectivity index is 1.31. The molecule has 2 aromatic heterocycles. The van der Waals surface area contributed by atoms with Crippen molar-refractivity contribution in [2.45, 2.75) is 30.8 Å². The van der Waals surface area contributed by atoms with Crippen molar-refractivity contribution in [1.29, 1.82) is 0 Å². The highest BCUT2D eigenvalue weighted by Gasteiger charge is 2.38. The lowest BCUT2D eigenvalue weighted by molar-refractivity contribution is -0.127. The van der Waals surface area contributed by atoms with Crippen molar-refractivity contribution in [2.24, 2.45) is 5.73 Å². The van der Waals surface area contributed by atoms with Gasteiger partial charge in [-0.3, -0.25) is 4.79 Å². The van der Waals surface area contributed by atoms with Crippen molar-refractivity contribution in [1.82, 2.24) is 25.6 Å². The summed E-state index contributed by atoms with van der Waals surface area (Å²) in [6.45, 7) is 1.89. The summed E-state index contributed by atoms with van der Waals surface area (Å²) in [5.74, 6) is 0.793. The van der Waals surface area contributed by atoms with Gasteiger partial charge in [0.25, 0.3) is 0 Å². The number of benzene rings is 1. The molecule has 9 heteroatoms. The van der Waals surface area contributed by atoms with E-state index < -0.39 is 5.54 Å². The van der Waals surface area contributed by atoms with Crippen molar-refractivity contribution in [3.05, 3.63) is 53.4 Å². The Morgan fingerprint density at radius 2 is 2.00 bits per heavy atom. The predicted molar refractivity (Wildman–Crippen MR) is 123 cm³/mol. The normalized spacial score (nSPS) is 16.9. The first-order valence-corrected chi connectivity index (χ1v) is 10.9. The SMILES string of the molecule is CNC(CCNC(=O)C1(N)CCN(c2ncnc3[nH]ccc23)CC1)c1ccc(Cl)cc1. The van der Waals surface area contributed by atoms with Crippen LogP contribution < -0.4 is 21.3 Å². The zero-order valence-electron chi connectivity index (χ0n) is 17.6. The van der Waals surface area contributed by atoms with Gasteiger partial charge >= 0.3 is 0 Å². The molecule has 0 radical (unpaired) electrons. The average molecular weight is 442 g/mol. The number of anilines is 1. The Hall–Kier alpha value is -2.68. The number of nitrogens with two attached hydrogens (primary N) is 1. The molecule has 1 fully saturated rings. The minimum Gasteiger partial charge on any atom is -0.356 e. The van der Waals surface area contributed by atoms with Gasteiger partial charge in [-0.15, -0.1) is 0 Å². The quantitative estimate of drug-likeness (QED) is 0.448. The number of halogens is 1. The molecule has 3 heterocycles. The molecule has 0 saturated carbocycles. The van der Waals surface area contributed by atoms with Gasteiger partial charge in [-0.05, 0) is 50.1 Å². The Bertz CT molecular complexity index is 1030. The van der Waals surface area contributed by atoms with Gasteiger partial charge in [-0.1, -0.05) is 23.7 Å².